The second-order valence-electron chi connectivity index (χ2n) is 4.54. The van der Waals surface area contributed by atoms with Gasteiger partial charge in [0.25, 0.3) is 0 Å². The molecule has 0 radical (unpaired) electrons. The van der Waals surface area contributed by atoms with Crippen molar-refractivity contribution in [2.24, 2.45) is 0 Å². The zero-order valence-electron chi connectivity index (χ0n) is 11.1. The Morgan fingerprint density at radius 1 is 1.14 bits per heavy atom. The van der Waals surface area contributed by atoms with Gasteiger partial charge in [0.1, 0.15) is 17.5 Å². The third-order valence-corrected chi connectivity index (χ3v) is 3.18. The molecule has 3 aromatic rings. The number of rotatable bonds is 2. The molecule has 0 bridgehead atoms. The molecule has 0 saturated heterocycles. The summed E-state index contributed by atoms with van der Waals surface area (Å²) in [6.45, 7) is 0. The number of pyridine rings is 1. The van der Waals surface area contributed by atoms with Crippen molar-refractivity contribution in [3.63, 3.8) is 0 Å². The number of halogens is 2. The zero-order valence-corrected chi connectivity index (χ0v) is 11.1. The summed E-state index contributed by atoms with van der Waals surface area (Å²) in [5, 5.41) is 15.7. The highest BCUT2D eigenvalue weighted by Gasteiger charge is 2.15. The molecule has 3 rings (SSSR count). The minimum absolute atomic E-state index is 0.0148. The molecule has 2 aromatic heterocycles. The molecule has 0 aliphatic heterocycles. The van der Waals surface area contributed by atoms with Gasteiger partial charge in [0, 0.05) is 22.9 Å². The number of benzene rings is 1. The number of hydrogen-bond acceptors (Lipinski definition) is 4. The molecule has 1 aromatic carbocycles. The first-order valence-corrected chi connectivity index (χ1v) is 6.25. The fourth-order valence-corrected chi connectivity index (χ4v) is 2.11. The number of hydrogen-bond donors (Lipinski definition) is 2. The van der Waals surface area contributed by atoms with Gasteiger partial charge in [-0.25, -0.2) is 13.8 Å². The van der Waals surface area contributed by atoms with Crippen molar-refractivity contribution in [3.8, 4) is 28.5 Å². The van der Waals surface area contributed by atoms with Crippen LogP contribution in [0, 0.1) is 23.0 Å². The lowest BCUT2D eigenvalue weighted by Gasteiger charge is -2.09. The van der Waals surface area contributed by atoms with E-state index >= 15 is 0 Å². The lowest BCUT2D eigenvalue weighted by molar-refractivity contribution is 0.509. The molecule has 0 fully saturated rings. The Morgan fingerprint density at radius 2 is 1.95 bits per heavy atom. The Labute approximate surface area is 124 Å². The maximum atomic E-state index is 13.4. The summed E-state index contributed by atoms with van der Waals surface area (Å²) < 4.78 is 26.4. The van der Waals surface area contributed by atoms with Gasteiger partial charge in [-0.05, 0) is 24.3 Å². The largest absolute Gasteiger partial charge is 0.383 e. The molecular formula is C15H9F2N5. The Balaban J connectivity index is 2.22. The van der Waals surface area contributed by atoms with E-state index in [1.165, 1.54) is 12.3 Å². The minimum atomic E-state index is -0.980. The van der Waals surface area contributed by atoms with E-state index in [-0.39, 0.29) is 11.4 Å². The summed E-state index contributed by atoms with van der Waals surface area (Å²) >= 11 is 0. The number of H-pyrrole nitrogens is 1. The van der Waals surface area contributed by atoms with Crippen LogP contribution in [-0.4, -0.2) is 15.2 Å². The highest BCUT2D eigenvalue weighted by atomic mass is 19.2. The quantitative estimate of drug-likeness (QED) is 0.760. The van der Waals surface area contributed by atoms with Gasteiger partial charge in [0.15, 0.2) is 11.6 Å². The summed E-state index contributed by atoms with van der Waals surface area (Å²) in [5.74, 6) is -1.91. The van der Waals surface area contributed by atoms with E-state index in [1.54, 1.807) is 12.3 Å². The van der Waals surface area contributed by atoms with Gasteiger partial charge in [-0.1, -0.05) is 0 Å². The molecule has 2 heterocycles. The molecule has 0 spiro atoms. The van der Waals surface area contributed by atoms with Crippen LogP contribution < -0.4 is 5.73 Å². The van der Waals surface area contributed by atoms with Crippen molar-refractivity contribution in [3.05, 3.63) is 53.9 Å². The van der Waals surface area contributed by atoms with E-state index in [4.69, 9.17) is 5.73 Å². The van der Waals surface area contributed by atoms with E-state index in [0.29, 0.717) is 22.4 Å². The van der Waals surface area contributed by atoms with E-state index in [2.05, 4.69) is 15.2 Å². The first kappa shape index (κ1) is 13.7. The number of nitrogens with zero attached hydrogens (tertiary/aromatic N) is 3. The monoisotopic (exact) mass is 297 g/mol. The lowest BCUT2D eigenvalue weighted by Crippen LogP contribution is -2.00. The average Bonchev–Trinajstić information content (AvgIpc) is 3.03. The van der Waals surface area contributed by atoms with Gasteiger partial charge in [0.05, 0.1) is 11.9 Å². The molecule has 0 aliphatic rings. The Hall–Kier alpha value is -3.27. The molecule has 0 aliphatic carbocycles. The van der Waals surface area contributed by atoms with Crippen LogP contribution in [0.1, 0.15) is 5.56 Å². The van der Waals surface area contributed by atoms with Crippen molar-refractivity contribution >= 4 is 5.82 Å². The fourth-order valence-electron chi connectivity index (χ4n) is 2.11. The molecule has 0 amide bonds. The number of nitriles is 1. The zero-order chi connectivity index (χ0) is 15.7. The standard InChI is InChI=1S/C15H9F2N5/c16-12-2-1-8(3-13(12)17)14-4-10(9-6-20-21-7-9)11(5-18)15(19)22-14/h1-4,6-7H,(H2,19,22)(H,20,21). The van der Waals surface area contributed by atoms with E-state index in [1.807, 2.05) is 6.07 Å². The third kappa shape index (κ3) is 2.27. The van der Waals surface area contributed by atoms with Crippen molar-refractivity contribution in [2.45, 2.75) is 0 Å². The summed E-state index contributed by atoms with van der Waals surface area (Å²) in [6.07, 6.45) is 3.13. The van der Waals surface area contributed by atoms with Crippen LogP contribution in [-0.2, 0) is 0 Å². The van der Waals surface area contributed by atoms with Crippen LogP contribution >= 0.6 is 0 Å². The number of nitrogens with two attached hydrogens (primary N) is 1. The van der Waals surface area contributed by atoms with Crippen LogP contribution in [0.3, 0.4) is 0 Å². The number of nitrogens with one attached hydrogen (secondary N) is 1. The van der Waals surface area contributed by atoms with E-state index < -0.39 is 11.6 Å². The Kier molecular flexibility index (Phi) is 3.27. The van der Waals surface area contributed by atoms with Gasteiger partial charge in [-0.3, -0.25) is 5.10 Å². The molecule has 7 heteroatoms. The van der Waals surface area contributed by atoms with Crippen molar-refractivity contribution in [1.82, 2.24) is 15.2 Å². The summed E-state index contributed by atoms with van der Waals surface area (Å²) in [7, 11) is 0. The molecule has 0 unspecified atom stereocenters. The van der Waals surface area contributed by atoms with Crippen molar-refractivity contribution in [1.29, 1.82) is 5.26 Å². The smallest absolute Gasteiger partial charge is 0.159 e. The number of aromatic nitrogens is 3. The predicted octanol–water partition coefficient (Wildman–Crippen LogP) is 2.87. The van der Waals surface area contributed by atoms with Crippen molar-refractivity contribution < 1.29 is 8.78 Å². The fraction of sp³-hybridized carbons (Fsp3) is 0. The minimum Gasteiger partial charge on any atom is -0.383 e. The number of nitrogen functional groups attached to an aromatic ring is 1. The Morgan fingerprint density at radius 3 is 2.59 bits per heavy atom. The molecule has 3 N–H and O–H groups in total. The van der Waals surface area contributed by atoms with E-state index in [0.717, 1.165) is 12.1 Å². The molecular weight excluding hydrogens is 288 g/mol. The second kappa shape index (κ2) is 5.26. The molecule has 0 atom stereocenters. The van der Waals surface area contributed by atoms with Gasteiger partial charge in [-0.2, -0.15) is 10.4 Å². The molecule has 108 valence electrons. The maximum absolute atomic E-state index is 13.4. The molecule has 5 nitrogen and oxygen atoms in total. The van der Waals surface area contributed by atoms with Gasteiger partial charge in [0.2, 0.25) is 0 Å². The molecule has 0 saturated carbocycles. The van der Waals surface area contributed by atoms with Crippen LogP contribution in [0.25, 0.3) is 22.4 Å². The third-order valence-electron chi connectivity index (χ3n) is 3.18. The van der Waals surface area contributed by atoms with Gasteiger partial charge < -0.3 is 5.73 Å². The SMILES string of the molecule is N#Cc1c(-c2cn[nH]c2)cc(-c2ccc(F)c(F)c2)nc1N. The highest BCUT2D eigenvalue weighted by molar-refractivity contribution is 5.79. The van der Waals surface area contributed by atoms with E-state index in [9.17, 15) is 14.0 Å². The normalized spacial score (nSPS) is 10.4. The van der Waals surface area contributed by atoms with Crippen molar-refractivity contribution in [2.75, 3.05) is 5.73 Å². The number of anilines is 1. The summed E-state index contributed by atoms with van der Waals surface area (Å²) in [5.41, 5.74) is 7.88. The predicted molar refractivity (Wildman–Crippen MR) is 76.3 cm³/mol. The maximum Gasteiger partial charge on any atom is 0.159 e. The van der Waals surface area contributed by atoms with Gasteiger partial charge >= 0.3 is 0 Å². The first-order chi connectivity index (χ1) is 10.6. The van der Waals surface area contributed by atoms with Crippen LogP contribution in [0.2, 0.25) is 0 Å². The summed E-state index contributed by atoms with van der Waals surface area (Å²) in [6, 6.07) is 7.01. The average molecular weight is 297 g/mol. The summed E-state index contributed by atoms with van der Waals surface area (Å²) in [4.78, 5) is 4.09. The Bertz CT molecular complexity index is 882. The lowest BCUT2D eigenvalue weighted by atomic mass is 10.0. The first-order valence-electron chi connectivity index (χ1n) is 6.25. The van der Waals surface area contributed by atoms with Crippen LogP contribution in [0.4, 0.5) is 14.6 Å². The topological polar surface area (TPSA) is 91.4 Å². The van der Waals surface area contributed by atoms with Crippen LogP contribution in [0.15, 0.2) is 36.7 Å². The molecule has 22 heavy (non-hydrogen) atoms. The second-order valence-corrected chi connectivity index (χ2v) is 4.54. The van der Waals surface area contributed by atoms with Gasteiger partial charge in [-0.15, -0.1) is 0 Å². The highest BCUT2D eigenvalue weighted by Crippen LogP contribution is 2.31. The number of aromatic amines is 1. The van der Waals surface area contributed by atoms with Crippen LogP contribution in [0.5, 0.6) is 0 Å².